The molecule has 34 heavy (non-hydrogen) atoms. The predicted octanol–water partition coefficient (Wildman–Crippen LogP) is 3.17. The zero-order valence-corrected chi connectivity index (χ0v) is 19.6. The molecule has 1 amide bonds. The van der Waals surface area contributed by atoms with E-state index in [0.29, 0.717) is 50.4 Å². The molecule has 0 aliphatic carbocycles. The fraction of sp³-hybridized carbons (Fsp3) is 0.391. The molecule has 1 aliphatic heterocycles. The van der Waals surface area contributed by atoms with Crippen LogP contribution in [-0.2, 0) is 26.0 Å². The van der Waals surface area contributed by atoms with Gasteiger partial charge in [0.15, 0.2) is 0 Å². The van der Waals surface area contributed by atoms with Gasteiger partial charge in [0.1, 0.15) is 5.75 Å². The first-order valence-electron chi connectivity index (χ1n) is 10.9. The lowest BCUT2D eigenvalue weighted by atomic mass is 10.1. The van der Waals surface area contributed by atoms with Crippen LogP contribution in [0.5, 0.6) is 5.75 Å². The zero-order chi connectivity index (χ0) is 24.6. The summed E-state index contributed by atoms with van der Waals surface area (Å²) in [5.41, 5.74) is 4.61. The van der Waals surface area contributed by atoms with Crippen molar-refractivity contribution < 1.29 is 31.5 Å². The molecule has 2 aromatic rings. The highest BCUT2D eigenvalue weighted by Crippen LogP contribution is 2.19. The van der Waals surface area contributed by atoms with Gasteiger partial charge in [-0.05, 0) is 60.4 Å². The molecule has 0 bridgehead atoms. The number of morpholine rings is 1. The van der Waals surface area contributed by atoms with E-state index in [1.165, 1.54) is 16.4 Å². The fourth-order valence-corrected chi connectivity index (χ4v) is 4.79. The minimum absolute atomic E-state index is 0.0435. The number of amides is 1. The summed E-state index contributed by atoms with van der Waals surface area (Å²) in [4.78, 5) is 12.5. The number of nitrogens with zero attached hydrogens (tertiary/aromatic N) is 2. The lowest BCUT2D eigenvalue weighted by Gasteiger charge is -2.26. The number of alkyl halides is 2. The number of halogens is 2. The third-order valence-corrected chi connectivity index (χ3v) is 7.15. The van der Waals surface area contributed by atoms with Crippen LogP contribution in [0.15, 0.2) is 58.5 Å². The highest BCUT2D eigenvalue weighted by Gasteiger charge is 2.26. The summed E-state index contributed by atoms with van der Waals surface area (Å²) in [5, 5.41) is 4.15. The first kappa shape index (κ1) is 25.7. The Kier molecular flexibility index (Phi) is 9.08. The van der Waals surface area contributed by atoms with Crippen molar-refractivity contribution in [2.24, 2.45) is 5.10 Å². The number of ether oxygens (including phenoxy) is 2. The smallest absolute Gasteiger partial charge is 0.387 e. The third-order valence-electron chi connectivity index (χ3n) is 5.24. The van der Waals surface area contributed by atoms with Crippen molar-refractivity contribution in [2.45, 2.75) is 37.7 Å². The fourth-order valence-electron chi connectivity index (χ4n) is 3.38. The SMILES string of the molecule is CC/C(=N/NC(=O)CCc1ccc(S(=O)(=O)N2CCOCC2)cc1)c1ccc(OC(F)F)cc1. The molecule has 2 aromatic carbocycles. The van der Waals surface area contributed by atoms with Crippen LogP contribution in [0.2, 0.25) is 0 Å². The number of rotatable bonds is 10. The Labute approximate surface area is 197 Å². The van der Waals surface area contributed by atoms with E-state index in [9.17, 15) is 22.0 Å². The van der Waals surface area contributed by atoms with Crippen LogP contribution in [-0.4, -0.2) is 57.3 Å². The number of hydrogen-bond acceptors (Lipinski definition) is 6. The molecule has 3 rings (SSSR count). The first-order valence-corrected chi connectivity index (χ1v) is 12.3. The number of carbonyl (C=O) groups is 1. The molecule has 1 fully saturated rings. The van der Waals surface area contributed by atoms with E-state index in [1.54, 1.807) is 36.4 Å². The minimum atomic E-state index is -3.56. The second-order valence-corrected chi connectivity index (χ2v) is 9.45. The molecule has 1 saturated heterocycles. The number of carbonyl (C=O) groups excluding carboxylic acids is 1. The number of nitrogens with one attached hydrogen (secondary N) is 1. The van der Waals surface area contributed by atoms with Gasteiger partial charge in [-0.3, -0.25) is 4.79 Å². The Balaban J connectivity index is 1.53. The van der Waals surface area contributed by atoms with Crippen LogP contribution < -0.4 is 10.2 Å². The number of benzene rings is 2. The Morgan fingerprint density at radius 2 is 1.76 bits per heavy atom. The van der Waals surface area contributed by atoms with Crippen molar-refractivity contribution in [3.8, 4) is 5.75 Å². The molecular formula is C23H27F2N3O5S. The van der Waals surface area contributed by atoms with Gasteiger partial charge in [0.05, 0.1) is 23.8 Å². The van der Waals surface area contributed by atoms with E-state index in [0.717, 1.165) is 5.56 Å². The van der Waals surface area contributed by atoms with Crippen molar-refractivity contribution in [2.75, 3.05) is 26.3 Å². The Morgan fingerprint density at radius 3 is 2.35 bits per heavy atom. The first-order chi connectivity index (χ1) is 16.3. The van der Waals surface area contributed by atoms with Gasteiger partial charge in [-0.1, -0.05) is 19.1 Å². The summed E-state index contributed by atoms with van der Waals surface area (Å²) in [6, 6.07) is 12.5. The zero-order valence-electron chi connectivity index (χ0n) is 18.7. The lowest BCUT2D eigenvalue weighted by molar-refractivity contribution is -0.121. The number of sulfonamides is 1. The molecule has 11 heteroatoms. The van der Waals surface area contributed by atoms with Crippen LogP contribution >= 0.6 is 0 Å². The van der Waals surface area contributed by atoms with Crippen LogP contribution in [0.25, 0.3) is 0 Å². The highest BCUT2D eigenvalue weighted by atomic mass is 32.2. The highest BCUT2D eigenvalue weighted by molar-refractivity contribution is 7.89. The minimum Gasteiger partial charge on any atom is -0.435 e. The number of hydrogen-bond donors (Lipinski definition) is 1. The standard InChI is InChI=1S/C23H27F2N3O5S/c1-2-21(18-6-8-19(9-7-18)33-23(24)25)26-27-22(29)12-5-17-3-10-20(11-4-17)34(30,31)28-13-15-32-16-14-28/h3-4,6-11,23H,2,5,12-16H2,1H3,(H,27,29)/b26-21-. The van der Waals surface area contributed by atoms with E-state index >= 15 is 0 Å². The summed E-state index contributed by atoms with van der Waals surface area (Å²) in [6.45, 7) is 0.396. The van der Waals surface area contributed by atoms with Crippen molar-refractivity contribution >= 4 is 21.6 Å². The molecule has 0 spiro atoms. The Morgan fingerprint density at radius 1 is 1.12 bits per heavy atom. The molecule has 1 aliphatic rings. The molecule has 0 aromatic heterocycles. The number of aryl methyl sites for hydroxylation is 1. The maximum Gasteiger partial charge on any atom is 0.387 e. The Hall–Kier alpha value is -2.89. The van der Waals surface area contributed by atoms with E-state index in [-0.39, 0.29) is 23.0 Å². The lowest BCUT2D eigenvalue weighted by Crippen LogP contribution is -2.40. The van der Waals surface area contributed by atoms with Gasteiger partial charge in [-0.25, -0.2) is 13.8 Å². The molecule has 1 heterocycles. The van der Waals surface area contributed by atoms with Crippen LogP contribution in [0.1, 0.15) is 30.9 Å². The van der Waals surface area contributed by atoms with E-state index in [2.05, 4.69) is 15.3 Å². The molecule has 0 saturated carbocycles. The largest absolute Gasteiger partial charge is 0.435 e. The Bertz CT molecular complexity index is 1080. The second kappa shape index (κ2) is 12.0. The monoisotopic (exact) mass is 495 g/mol. The van der Waals surface area contributed by atoms with Gasteiger partial charge in [0.2, 0.25) is 15.9 Å². The molecule has 0 atom stereocenters. The summed E-state index contributed by atoms with van der Waals surface area (Å²) in [6.07, 6.45) is 1.10. The van der Waals surface area contributed by atoms with Crippen LogP contribution in [0.3, 0.4) is 0 Å². The van der Waals surface area contributed by atoms with Crippen molar-refractivity contribution in [1.29, 1.82) is 0 Å². The van der Waals surface area contributed by atoms with Crippen LogP contribution in [0.4, 0.5) is 8.78 Å². The molecule has 0 unspecified atom stereocenters. The van der Waals surface area contributed by atoms with Crippen LogP contribution in [0, 0.1) is 0 Å². The van der Waals surface area contributed by atoms with Crippen molar-refractivity contribution in [3.63, 3.8) is 0 Å². The molecule has 1 N–H and O–H groups in total. The molecule has 0 radical (unpaired) electrons. The molecule has 8 nitrogen and oxygen atoms in total. The van der Waals surface area contributed by atoms with Gasteiger partial charge in [0.25, 0.3) is 0 Å². The van der Waals surface area contributed by atoms with Crippen molar-refractivity contribution in [3.05, 3.63) is 59.7 Å². The number of hydrazone groups is 1. The van der Waals surface area contributed by atoms with Gasteiger partial charge in [-0.2, -0.15) is 18.2 Å². The normalized spacial score (nSPS) is 15.4. The average molecular weight is 496 g/mol. The van der Waals surface area contributed by atoms with E-state index in [1.807, 2.05) is 6.92 Å². The third kappa shape index (κ3) is 7.05. The van der Waals surface area contributed by atoms with Gasteiger partial charge >= 0.3 is 6.61 Å². The summed E-state index contributed by atoms with van der Waals surface area (Å²) >= 11 is 0. The quantitative estimate of drug-likeness (QED) is 0.403. The predicted molar refractivity (Wildman–Crippen MR) is 122 cm³/mol. The van der Waals surface area contributed by atoms with Gasteiger partial charge < -0.3 is 9.47 Å². The van der Waals surface area contributed by atoms with E-state index in [4.69, 9.17) is 4.74 Å². The maximum absolute atomic E-state index is 12.7. The summed E-state index contributed by atoms with van der Waals surface area (Å²) in [7, 11) is -3.56. The summed E-state index contributed by atoms with van der Waals surface area (Å²) < 4.78 is 60.8. The van der Waals surface area contributed by atoms with Gasteiger partial charge in [-0.15, -0.1) is 0 Å². The topological polar surface area (TPSA) is 97.3 Å². The molecule has 184 valence electrons. The second-order valence-electron chi connectivity index (χ2n) is 7.51. The molecular weight excluding hydrogens is 468 g/mol. The van der Waals surface area contributed by atoms with Crippen molar-refractivity contribution in [1.82, 2.24) is 9.73 Å². The van der Waals surface area contributed by atoms with Gasteiger partial charge in [0, 0.05) is 19.5 Å². The summed E-state index contributed by atoms with van der Waals surface area (Å²) in [5.74, 6) is -0.254. The maximum atomic E-state index is 12.7. The average Bonchev–Trinajstić information content (AvgIpc) is 2.84. The van der Waals surface area contributed by atoms with E-state index < -0.39 is 16.6 Å².